The summed E-state index contributed by atoms with van der Waals surface area (Å²) in [4.78, 5) is 26.2. The van der Waals surface area contributed by atoms with Gasteiger partial charge in [0.2, 0.25) is 5.91 Å². The van der Waals surface area contributed by atoms with E-state index >= 15 is 0 Å². The average Bonchev–Trinajstić information content (AvgIpc) is 2.79. The van der Waals surface area contributed by atoms with Gasteiger partial charge in [0.05, 0.1) is 17.7 Å². The van der Waals surface area contributed by atoms with Crippen molar-refractivity contribution in [3.8, 4) is 17.6 Å². The fourth-order valence-electron chi connectivity index (χ4n) is 2.79. The highest BCUT2D eigenvalue weighted by Gasteiger charge is 2.23. The number of ketones is 1. The van der Waals surface area contributed by atoms with Crippen LogP contribution in [0.25, 0.3) is 0 Å². The zero-order valence-electron chi connectivity index (χ0n) is 16.1. The Bertz CT molecular complexity index is 1080. The van der Waals surface area contributed by atoms with Crippen LogP contribution in [0.5, 0.6) is 11.5 Å². The van der Waals surface area contributed by atoms with Crippen LogP contribution in [-0.2, 0) is 6.61 Å². The van der Waals surface area contributed by atoms with Crippen LogP contribution >= 0.6 is 0 Å². The number of hydrogen-bond acceptors (Lipinski definition) is 6. The third-order valence-electron chi connectivity index (χ3n) is 4.27. The summed E-state index contributed by atoms with van der Waals surface area (Å²) < 4.78 is 11.1. The first-order chi connectivity index (χ1) is 14.6. The molecule has 2 N–H and O–H groups in total. The first-order valence-corrected chi connectivity index (χ1v) is 9.19. The predicted octanol–water partition coefficient (Wildman–Crippen LogP) is 3.28. The minimum atomic E-state index is -0.379. The number of nitriles is 1. The molecule has 0 aliphatic carbocycles. The number of nitrogens with zero attached hydrogens (tertiary/aromatic N) is 2. The molecule has 2 heterocycles. The monoisotopic (exact) mass is 401 g/mol. The van der Waals surface area contributed by atoms with E-state index < -0.39 is 0 Å². The fourth-order valence-corrected chi connectivity index (χ4v) is 2.79. The largest absolute Gasteiger partial charge is 0.492 e. The van der Waals surface area contributed by atoms with E-state index in [4.69, 9.17) is 15.2 Å². The van der Waals surface area contributed by atoms with Crippen LogP contribution in [0.4, 0.5) is 0 Å². The van der Waals surface area contributed by atoms with Crippen LogP contribution in [-0.4, -0.2) is 23.3 Å². The number of amides is 1. The lowest BCUT2D eigenvalue weighted by Crippen LogP contribution is -2.17. The molecule has 7 heteroatoms. The molecule has 1 aliphatic heterocycles. The maximum absolute atomic E-state index is 11.9. The Morgan fingerprint density at radius 1 is 1.17 bits per heavy atom. The van der Waals surface area contributed by atoms with E-state index in [-0.39, 0.29) is 11.7 Å². The van der Waals surface area contributed by atoms with E-state index in [1.165, 1.54) is 0 Å². The lowest BCUT2D eigenvalue weighted by Gasteiger charge is -2.18. The van der Waals surface area contributed by atoms with Crippen molar-refractivity contribution in [1.82, 2.24) is 4.98 Å². The molecule has 150 valence electrons. The number of carbonyl (C=O) groups excluding carboxylic acids is 2. The van der Waals surface area contributed by atoms with Crippen molar-refractivity contribution in [1.29, 1.82) is 5.26 Å². The van der Waals surface area contributed by atoms with Gasteiger partial charge in [-0.3, -0.25) is 14.6 Å². The quantitative estimate of drug-likeness (QED) is 0.717. The Hall–Kier alpha value is -4.18. The van der Waals surface area contributed by atoms with E-state index in [1.54, 1.807) is 48.8 Å². The van der Waals surface area contributed by atoms with Gasteiger partial charge in [-0.1, -0.05) is 18.2 Å². The Kier molecular flexibility index (Phi) is 6.74. The van der Waals surface area contributed by atoms with Gasteiger partial charge in [-0.15, -0.1) is 0 Å². The summed E-state index contributed by atoms with van der Waals surface area (Å²) in [5.41, 5.74) is 7.15. The second kappa shape index (κ2) is 9.85. The summed E-state index contributed by atoms with van der Waals surface area (Å²) >= 11 is 0. The van der Waals surface area contributed by atoms with Gasteiger partial charge in [0, 0.05) is 30.4 Å². The first-order valence-electron chi connectivity index (χ1n) is 9.19. The Morgan fingerprint density at radius 2 is 1.90 bits per heavy atom. The number of aromatic nitrogens is 1. The van der Waals surface area contributed by atoms with Gasteiger partial charge in [-0.05, 0) is 35.9 Å². The fraction of sp³-hybridized carbons (Fsp3) is 0.130. The molecule has 30 heavy (non-hydrogen) atoms. The first kappa shape index (κ1) is 20.6. The average molecular weight is 401 g/mol. The van der Waals surface area contributed by atoms with Crippen LogP contribution in [0, 0.1) is 11.3 Å². The van der Waals surface area contributed by atoms with E-state index in [0.29, 0.717) is 47.8 Å². The molecule has 0 radical (unpaired) electrons. The second-order valence-electron chi connectivity index (χ2n) is 6.35. The van der Waals surface area contributed by atoms with Crippen molar-refractivity contribution in [2.75, 3.05) is 6.61 Å². The number of nitrogens with two attached hydrogens (primary N) is 1. The number of carbonyl (C=O) groups is 2. The van der Waals surface area contributed by atoms with Crippen molar-refractivity contribution in [3.05, 3.63) is 89.2 Å². The molecule has 0 bridgehead atoms. The maximum Gasteiger partial charge on any atom is 0.248 e. The molecular formula is C23H19N3O4. The minimum Gasteiger partial charge on any atom is -0.492 e. The zero-order valence-corrected chi connectivity index (χ0v) is 16.1. The number of pyridine rings is 1. The van der Waals surface area contributed by atoms with Crippen molar-refractivity contribution < 1.29 is 19.1 Å². The smallest absolute Gasteiger partial charge is 0.248 e. The van der Waals surface area contributed by atoms with Crippen molar-refractivity contribution >= 4 is 11.7 Å². The van der Waals surface area contributed by atoms with Gasteiger partial charge < -0.3 is 15.2 Å². The molecule has 1 aromatic heterocycles. The molecule has 0 spiro atoms. The molecule has 7 nitrogen and oxygen atoms in total. The van der Waals surface area contributed by atoms with E-state index in [9.17, 15) is 14.9 Å². The Morgan fingerprint density at radius 3 is 2.53 bits per heavy atom. The van der Waals surface area contributed by atoms with Crippen LogP contribution < -0.4 is 15.2 Å². The third kappa shape index (κ3) is 5.20. The van der Waals surface area contributed by atoms with E-state index in [0.717, 1.165) is 5.56 Å². The predicted molar refractivity (Wildman–Crippen MR) is 109 cm³/mol. The summed E-state index contributed by atoms with van der Waals surface area (Å²) in [6.45, 7) is 0.699. The van der Waals surface area contributed by atoms with Crippen molar-refractivity contribution in [3.63, 3.8) is 0 Å². The molecule has 1 aliphatic rings. The highest BCUT2D eigenvalue weighted by atomic mass is 16.5. The molecule has 3 aromatic rings. The number of fused-ring (bicyclic) bond motifs is 1. The molecular weight excluding hydrogens is 382 g/mol. The van der Waals surface area contributed by atoms with Gasteiger partial charge in [-0.25, -0.2) is 0 Å². The summed E-state index contributed by atoms with van der Waals surface area (Å²) in [5, 5.41) is 9.20. The van der Waals surface area contributed by atoms with Crippen molar-refractivity contribution in [2.24, 2.45) is 5.73 Å². The molecule has 0 unspecified atom stereocenters. The molecule has 0 atom stereocenters. The summed E-state index contributed by atoms with van der Waals surface area (Å²) in [6.07, 6.45) is 3.68. The lowest BCUT2D eigenvalue weighted by molar-refractivity contribution is 0.0931. The van der Waals surface area contributed by atoms with Crippen LogP contribution in [0.1, 0.15) is 38.3 Å². The zero-order chi connectivity index (χ0) is 21.3. The molecule has 1 amide bonds. The summed E-state index contributed by atoms with van der Waals surface area (Å²) in [5.74, 6) is 0.496. The number of Topliss-reactive ketones (excluding diaryl/α,β-unsaturated/α-hetero) is 1. The number of hydrogen-bond donors (Lipinski definition) is 1. The number of rotatable bonds is 4. The van der Waals surface area contributed by atoms with E-state index in [1.807, 2.05) is 24.3 Å². The lowest BCUT2D eigenvalue weighted by atomic mass is 9.99. The summed E-state index contributed by atoms with van der Waals surface area (Å²) in [6, 6.07) is 17.7. The minimum absolute atomic E-state index is 0.0616. The van der Waals surface area contributed by atoms with Crippen molar-refractivity contribution in [2.45, 2.75) is 13.0 Å². The molecule has 0 saturated heterocycles. The normalized spacial score (nSPS) is 11.8. The van der Waals surface area contributed by atoms with Gasteiger partial charge in [0.15, 0.2) is 5.78 Å². The number of primary amides is 1. The molecule has 0 saturated carbocycles. The number of benzene rings is 2. The topological polar surface area (TPSA) is 115 Å². The standard InChI is InChI=1S/C16H12N2O3.C7H7NO/c17-9-12-7-13(21-10-11-1-4-18-5-2-11)8-15-16(12)14(19)3-6-20-15;8-7(9)6-4-2-1-3-5-6/h1-2,4-5,7-8H,3,6,10H2;1-5H,(H2,8,9). The molecule has 0 fully saturated rings. The van der Waals surface area contributed by atoms with Gasteiger partial charge >= 0.3 is 0 Å². The van der Waals surface area contributed by atoms with Gasteiger partial charge in [0.25, 0.3) is 0 Å². The van der Waals surface area contributed by atoms with Gasteiger partial charge in [0.1, 0.15) is 24.2 Å². The van der Waals surface area contributed by atoms with Crippen LogP contribution in [0.3, 0.4) is 0 Å². The van der Waals surface area contributed by atoms with Crippen LogP contribution in [0.2, 0.25) is 0 Å². The highest BCUT2D eigenvalue weighted by molar-refractivity contribution is 6.02. The van der Waals surface area contributed by atoms with Gasteiger partial charge in [-0.2, -0.15) is 5.26 Å². The second-order valence-corrected chi connectivity index (χ2v) is 6.35. The third-order valence-corrected chi connectivity index (χ3v) is 4.27. The highest BCUT2D eigenvalue weighted by Crippen LogP contribution is 2.32. The summed E-state index contributed by atoms with van der Waals surface area (Å²) in [7, 11) is 0. The SMILES string of the molecule is N#Cc1cc(OCc2ccncc2)cc2c1C(=O)CCO2.NC(=O)c1ccccc1. The van der Waals surface area contributed by atoms with E-state index in [2.05, 4.69) is 4.98 Å². The van der Waals surface area contributed by atoms with Crippen LogP contribution in [0.15, 0.2) is 67.0 Å². The maximum atomic E-state index is 11.9. The molecule has 2 aromatic carbocycles. The molecule has 4 rings (SSSR count). The number of ether oxygens (including phenoxy) is 2. The Labute approximate surface area is 173 Å². The Balaban J connectivity index is 0.000000239.